The SMILES string of the molecule is CC(C)CC1=NC(C)SC(C)S1. The van der Waals surface area contributed by atoms with E-state index in [1.807, 2.05) is 23.5 Å². The van der Waals surface area contributed by atoms with Gasteiger partial charge in [-0.05, 0) is 26.2 Å². The van der Waals surface area contributed by atoms with Gasteiger partial charge in [-0.15, -0.1) is 11.8 Å². The molecule has 0 bridgehead atoms. The molecule has 0 saturated carbocycles. The van der Waals surface area contributed by atoms with Crippen LogP contribution in [0.1, 0.15) is 34.1 Å². The van der Waals surface area contributed by atoms with Crippen molar-refractivity contribution < 1.29 is 0 Å². The van der Waals surface area contributed by atoms with Gasteiger partial charge in [0.1, 0.15) is 0 Å². The first-order chi connectivity index (χ1) is 5.58. The minimum Gasteiger partial charge on any atom is -0.269 e. The first kappa shape index (κ1) is 10.5. The van der Waals surface area contributed by atoms with Crippen molar-refractivity contribution in [3.8, 4) is 0 Å². The molecule has 12 heavy (non-hydrogen) atoms. The van der Waals surface area contributed by atoms with E-state index in [1.165, 1.54) is 5.04 Å². The number of hydrogen-bond donors (Lipinski definition) is 0. The Bertz CT molecular complexity index is 177. The molecule has 0 amide bonds. The zero-order valence-electron chi connectivity index (χ0n) is 8.20. The predicted octanol–water partition coefficient (Wildman–Crippen LogP) is 3.60. The summed E-state index contributed by atoms with van der Waals surface area (Å²) in [7, 11) is 0. The fraction of sp³-hybridized carbons (Fsp3) is 0.889. The monoisotopic (exact) mass is 203 g/mol. The maximum atomic E-state index is 4.62. The van der Waals surface area contributed by atoms with Crippen LogP contribution in [0.4, 0.5) is 0 Å². The van der Waals surface area contributed by atoms with Crippen molar-refractivity contribution in [1.82, 2.24) is 0 Å². The van der Waals surface area contributed by atoms with Gasteiger partial charge in [-0.2, -0.15) is 0 Å². The maximum absolute atomic E-state index is 4.62. The van der Waals surface area contributed by atoms with Gasteiger partial charge in [0.05, 0.1) is 15.0 Å². The van der Waals surface area contributed by atoms with E-state index in [0.717, 1.165) is 12.3 Å². The van der Waals surface area contributed by atoms with Crippen molar-refractivity contribution in [2.75, 3.05) is 0 Å². The fourth-order valence-corrected chi connectivity index (χ4v) is 4.09. The molecule has 70 valence electrons. The average Bonchev–Trinajstić information content (AvgIpc) is 1.81. The minimum atomic E-state index is 0.468. The molecule has 0 radical (unpaired) electrons. The summed E-state index contributed by atoms with van der Waals surface area (Å²) in [5, 5.41) is 1.82. The normalized spacial score (nSPS) is 30.6. The van der Waals surface area contributed by atoms with E-state index in [4.69, 9.17) is 0 Å². The molecule has 1 nitrogen and oxygen atoms in total. The van der Waals surface area contributed by atoms with Gasteiger partial charge >= 0.3 is 0 Å². The first-order valence-corrected chi connectivity index (χ1v) is 6.29. The van der Waals surface area contributed by atoms with Crippen LogP contribution in [-0.2, 0) is 0 Å². The van der Waals surface area contributed by atoms with Gasteiger partial charge in [0.2, 0.25) is 0 Å². The van der Waals surface area contributed by atoms with Crippen LogP contribution in [0.3, 0.4) is 0 Å². The number of nitrogens with zero attached hydrogens (tertiary/aromatic N) is 1. The summed E-state index contributed by atoms with van der Waals surface area (Å²) in [6.07, 6.45) is 1.15. The smallest absolute Gasteiger partial charge is 0.0943 e. The van der Waals surface area contributed by atoms with Gasteiger partial charge in [0.15, 0.2) is 0 Å². The third-order valence-electron chi connectivity index (χ3n) is 1.60. The number of rotatable bonds is 2. The fourth-order valence-electron chi connectivity index (χ4n) is 1.21. The topological polar surface area (TPSA) is 12.4 Å². The molecule has 2 unspecified atom stereocenters. The predicted molar refractivity (Wildman–Crippen MR) is 61.0 cm³/mol. The van der Waals surface area contributed by atoms with E-state index in [2.05, 4.69) is 32.7 Å². The van der Waals surface area contributed by atoms with Gasteiger partial charge in [0.25, 0.3) is 0 Å². The molecule has 0 N–H and O–H groups in total. The highest BCUT2D eigenvalue weighted by molar-refractivity contribution is 8.25. The molecule has 1 heterocycles. The summed E-state index contributed by atoms with van der Waals surface area (Å²) in [6, 6.07) is 0. The molecule has 0 aromatic heterocycles. The summed E-state index contributed by atoms with van der Waals surface area (Å²) < 4.78 is 0.686. The van der Waals surface area contributed by atoms with Crippen LogP contribution >= 0.6 is 23.5 Å². The number of thioether (sulfide) groups is 2. The van der Waals surface area contributed by atoms with Gasteiger partial charge in [-0.25, -0.2) is 0 Å². The lowest BCUT2D eigenvalue weighted by Crippen LogP contribution is -2.13. The van der Waals surface area contributed by atoms with Crippen molar-refractivity contribution in [3.05, 3.63) is 0 Å². The highest BCUT2D eigenvalue weighted by Crippen LogP contribution is 2.35. The Morgan fingerprint density at radius 1 is 1.42 bits per heavy atom. The van der Waals surface area contributed by atoms with E-state index < -0.39 is 0 Å². The molecule has 1 aliphatic heterocycles. The molecule has 0 spiro atoms. The molecule has 0 saturated heterocycles. The molecular weight excluding hydrogens is 186 g/mol. The third kappa shape index (κ3) is 3.40. The van der Waals surface area contributed by atoms with Crippen molar-refractivity contribution in [1.29, 1.82) is 0 Å². The van der Waals surface area contributed by atoms with E-state index in [9.17, 15) is 0 Å². The van der Waals surface area contributed by atoms with E-state index in [0.29, 0.717) is 9.96 Å². The van der Waals surface area contributed by atoms with Crippen molar-refractivity contribution in [3.63, 3.8) is 0 Å². The van der Waals surface area contributed by atoms with E-state index in [1.54, 1.807) is 0 Å². The van der Waals surface area contributed by atoms with Gasteiger partial charge in [-0.1, -0.05) is 25.6 Å². The first-order valence-electron chi connectivity index (χ1n) is 4.46. The highest BCUT2D eigenvalue weighted by Gasteiger charge is 2.18. The van der Waals surface area contributed by atoms with E-state index >= 15 is 0 Å². The maximum Gasteiger partial charge on any atom is 0.0943 e. The zero-order chi connectivity index (χ0) is 9.14. The quantitative estimate of drug-likeness (QED) is 0.680. The van der Waals surface area contributed by atoms with Crippen LogP contribution in [0.25, 0.3) is 0 Å². The molecular formula is C9H17NS2. The Morgan fingerprint density at radius 2 is 2.08 bits per heavy atom. The van der Waals surface area contributed by atoms with Crippen LogP contribution in [0, 0.1) is 5.92 Å². The molecule has 2 atom stereocenters. The van der Waals surface area contributed by atoms with Crippen molar-refractivity contribution >= 4 is 28.6 Å². The molecule has 0 fully saturated rings. The van der Waals surface area contributed by atoms with E-state index in [-0.39, 0.29) is 0 Å². The van der Waals surface area contributed by atoms with Crippen LogP contribution in [-0.4, -0.2) is 15.0 Å². The second kappa shape index (κ2) is 4.56. The molecule has 0 aliphatic carbocycles. The Morgan fingerprint density at radius 3 is 2.58 bits per heavy atom. The molecule has 1 aliphatic rings. The van der Waals surface area contributed by atoms with Crippen LogP contribution in [0.5, 0.6) is 0 Å². The molecule has 0 aromatic carbocycles. The lowest BCUT2D eigenvalue weighted by Gasteiger charge is -2.22. The van der Waals surface area contributed by atoms with Crippen molar-refractivity contribution in [2.45, 2.75) is 44.1 Å². The third-order valence-corrected chi connectivity index (χ3v) is 3.98. The Balaban J connectivity index is 2.51. The second-order valence-electron chi connectivity index (χ2n) is 3.54. The second-order valence-corrected chi connectivity index (χ2v) is 6.92. The standard InChI is InChI=1S/C9H17NS2/c1-6(2)5-9-10-7(3)11-8(4)12-9/h6-8H,5H2,1-4H3. The van der Waals surface area contributed by atoms with Gasteiger partial charge in [-0.3, -0.25) is 4.99 Å². The number of hydrogen-bond acceptors (Lipinski definition) is 3. The van der Waals surface area contributed by atoms with Gasteiger partial charge < -0.3 is 0 Å². The minimum absolute atomic E-state index is 0.468. The summed E-state index contributed by atoms with van der Waals surface area (Å²) in [5.41, 5.74) is 0. The molecule has 3 heteroatoms. The summed E-state index contributed by atoms with van der Waals surface area (Å²) in [6.45, 7) is 8.95. The van der Waals surface area contributed by atoms with Crippen LogP contribution in [0.2, 0.25) is 0 Å². The lowest BCUT2D eigenvalue weighted by molar-refractivity contribution is 0.686. The van der Waals surface area contributed by atoms with Crippen LogP contribution < -0.4 is 0 Å². The Hall–Kier alpha value is 0.370. The molecule has 1 rings (SSSR count). The summed E-state index contributed by atoms with van der Waals surface area (Å²) in [5.74, 6) is 0.735. The van der Waals surface area contributed by atoms with Crippen LogP contribution in [0.15, 0.2) is 4.99 Å². The molecule has 0 aromatic rings. The zero-order valence-corrected chi connectivity index (χ0v) is 9.84. The lowest BCUT2D eigenvalue weighted by atomic mass is 10.1. The summed E-state index contributed by atoms with van der Waals surface area (Å²) in [4.78, 5) is 4.62. The summed E-state index contributed by atoms with van der Waals surface area (Å²) >= 11 is 3.88. The van der Waals surface area contributed by atoms with Crippen molar-refractivity contribution in [2.24, 2.45) is 10.9 Å². The van der Waals surface area contributed by atoms with Gasteiger partial charge in [0, 0.05) is 0 Å². The average molecular weight is 203 g/mol. The largest absolute Gasteiger partial charge is 0.269 e. The Kier molecular flexibility index (Phi) is 3.97. The number of aliphatic imine (C=N–C) groups is 1. The Labute approximate surface area is 83.8 Å². The highest BCUT2D eigenvalue weighted by atomic mass is 32.2.